The summed E-state index contributed by atoms with van der Waals surface area (Å²) in [5.74, 6) is -0.166. The van der Waals surface area contributed by atoms with Crippen LogP contribution >= 0.6 is 0 Å². The van der Waals surface area contributed by atoms with Crippen LogP contribution in [0.5, 0.6) is 0 Å². The first-order valence-corrected chi connectivity index (χ1v) is 8.25. The van der Waals surface area contributed by atoms with Gasteiger partial charge in [-0.1, -0.05) is 17.7 Å². The molecule has 1 aromatic heterocycles. The number of nitrogens with zero attached hydrogens (tertiary/aromatic N) is 3. The molecule has 0 spiro atoms. The zero-order valence-corrected chi connectivity index (χ0v) is 14.7. The highest BCUT2D eigenvalue weighted by molar-refractivity contribution is 6.05. The van der Waals surface area contributed by atoms with Crippen LogP contribution in [0.3, 0.4) is 0 Å². The highest BCUT2D eigenvalue weighted by Crippen LogP contribution is 2.23. The summed E-state index contributed by atoms with van der Waals surface area (Å²) in [4.78, 5) is 32.3. The van der Waals surface area contributed by atoms with Crippen molar-refractivity contribution in [3.05, 3.63) is 58.9 Å². The van der Waals surface area contributed by atoms with Crippen LogP contribution in [-0.2, 0) is 13.0 Å². The monoisotopic (exact) mass is 338 g/mol. The van der Waals surface area contributed by atoms with E-state index in [1.807, 2.05) is 31.2 Å². The molecule has 3 amide bonds. The average Bonchev–Trinajstić information content (AvgIpc) is 2.61. The maximum atomic E-state index is 12.7. The van der Waals surface area contributed by atoms with Gasteiger partial charge in [-0.15, -0.1) is 0 Å². The maximum Gasteiger partial charge on any atom is 0.319 e. The van der Waals surface area contributed by atoms with Gasteiger partial charge in [0.15, 0.2) is 0 Å². The minimum atomic E-state index is -0.166. The summed E-state index contributed by atoms with van der Waals surface area (Å²) in [5, 5.41) is 2.92. The van der Waals surface area contributed by atoms with Gasteiger partial charge in [0.1, 0.15) is 0 Å². The van der Waals surface area contributed by atoms with Gasteiger partial charge in [-0.05, 0) is 36.6 Å². The molecule has 25 heavy (non-hydrogen) atoms. The first-order chi connectivity index (χ1) is 12.0. The number of aryl methyl sites for hydroxylation is 1. The molecule has 6 heteroatoms. The molecule has 0 saturated carbocycles. The number of benzene rings is 1. The smallest absolute Gasteiger partial charge is 0.319 e. The first kappa shape index (κ1) is 17.0. The third-order valence-electron chi connectivity index (χ3n) is 4.35. The van der Waals surface area contributed by atoms with E-state index in [9.17, 15) is 9.59 Å². The third-order valence-corrected chi connectivity index (χ3v) is 4.35. The average molecular weight is 338 g/mol. The molecule has 6 nitrogen and oxygen atoms in total. The van der Waals surface area contributed by atoms with Crippen LogP contribution < -0.4 is 5.32 Å². The van der Waals surface area contributed by atoms with Crippen LogP contribution in [0.2, 0.25) is 0 Å². The van der Waals surface area contributed by atoms with Crippen molar-refractivity contribution >= 4 is 17.6 Å². The standard InChI is InChI=1S/C19H22N4O2/c1-13-4-6-15(7-5-13)21-18(24)17-11-20-10-14-12-23(9-8-16(14)17)19(25)22(2)3/h4-7,10-11H,8-9,12H2,1-3H3,(H,21,24). The highest BCUT2D eigenvalue weighted by Gasteiger charge is 2.25. The Labute approximate surface area is 147 Å². The van der Waals surface area contributed by atoms with Crippen molar-refractivity contribution in [3.63, 3.8) is 0 Å². The predicted molar refractivity (Wildman–Crippen MR) is 96.6 cm³/mol. The second-order valence-electron chi connectivity index (χ2n) is 6.49. The minimum absolute atomic E-state index is 0.0276. The normalized spacial score (nSPS) is 13.2. The summed E-state index contributed by atoms with van der Waals surface area (Å²) in [6, 6.07) is 7.65. The summed E-state index contributed by atoms with van der Waals surface area (Å²) in [6.07, 6.45) is 3.99. The van der Waals surface area contributed by atoms with Crippen LogP contribution in [0.15, 0.2) is 36.7 Å². The van der Waals surface area contributed by atoms with Crippen LogP contribution in [-0.4, -0.2) is 47.4 Å². The van der Waals surface area contributed by atoms with E-state index in [1.54, 1.807) is 36.3 Å². The molecule has 3 rings (SSSR count). The Hall–Kier alpha value is -2.89. The van der Waals surface area contributed by atoms with Gasteiger partial charge in [0, 0.05) is 45.3 Å². The van der Waals surface area contributed by atoms with Gasteiger partial charge in [0.2, 0.25) is 0 Å². The van der Waals surface area contributed by atoms with E-state index in [1.165, 1.54) is 0 Å². The van der Waals surface area contributed by atoms with Crippen LogP contribution in [0, 0.1) is 6.92 Å². The number of amides is 3. The van der Waals surface area contributed by atoms with Gasteiger partial charge in [-0.2, -0.15) is 0 Å². The van der Waals surface area contributed by atoms with E-state index >= 15 is 0 Å². The van der Waals surface area contributed by atoms with E-state index < -0.39 is 0 Å². The van der Waals surface area contributed by atoms with Gasteiger partial charge in [-0.25, -0.2) is 4.79 Å². The summed E-state index contributed by atoms with van der Waals surface area (Å²) in [5.41, 5.74) is 4.38. The summed E-state index contributed by atoms with van der Waals surface area (Å²) >= 11 is 0. The van der Waals surface area contributed by atoms with Crippen molar-refractivity contribution in [1.82, 2.24) is 14.8 Å². The van der Waals surface area contributed by atoms with Crippen molar-refractivity contribution in [2.45, 2.75) is 19.9 Å². The van der Waals surface area contributed by atoms with Crippen molar-refractivity contribution < 1.29 is 9.59 Å². The van der Waals surface area contributed by atoms with Crippen molar-refractivity contribution in [3.8, 4) is 0 Å². The van der Waals surface area contributed by atoms with Crippen molar-refractivity contribution in [2.24, 2.45) is 0 Å². The predicted octanol–water partition coefficient (Wildman–Crippen LogP) is 2.68. The molecule has 0 saturated heterocycles. The minimum Gasteiger partial charge on any atom is -0.331 e. The van der Waals surface area contributed by atoms with Gasteiger partial charge < -0.3 is 15.1 Å². The van der Waals surface area contributed by atoms with E-state index in [-0.39, 0.29) is 11.9 Å². The molecule has 0 atom stereocenters. The molecule has 0 aliphatic carbocycles. The Morgan fingerprint density at radius 2 is 1.88 bits per heavy atom. The molecule has 2 aromatic rings. The maximum absolute atomic E-state index is 12.7. The second kappa shape index (κ2) is 6.93. The third kappa shape index (κ3) is 3.63. The SMILES string of the molecule is Cc1ccc(NC(=O)c2cncc3c2CCN(C(=O)N(C)C)C3)cc1. The first-order valence-electron chi connectivity index (χ1n) is 8.25. The number of urea groups is 1. The van der Waals surface area contributed by atoms with E-state index in [0.717, 1.165) is 22.4 Å². The summed E-state index contributed by atoms with van der Waals surface area (Å²) in [6.45, 7) is 3.08. The summed E-state index contributed by atoms with van der Waals surface area (Å²) in [7, 11) is 3.48. The fourth-order valence-corrected chi connectivity index (χ4v) is 2.97. The second-order valence-corrected chi connectivity index (χ2v) is 6.49. The van der Waals surface area contributed by atoms with Gasteiger partial charge in [0.05, 0.1) is 5.56 Å². The van der Waals surface area contributed by atoms with Crippen molar-refractivity contribution in [1.29, 1.82) is 0 Å². The number of hydrogen-bond acceptors (Lipinski definition) is 3. The number of fused-ring (bicyclic) bond motifs is 1. The Kier molecular flexibility index (Phi) is 4.70. The zero-order chi connectivity index (χ0) is 18.0. The Balaban J connectivity index is 1.80. The largest absolute Gasteiger partial charge is 0.331 e. The van der Waals surface area contributed by atoms with Gasteiger partial charge in [0.25, 0.3) is 5.91 Å². The number of carbonyl (C=O) groups is 2. The molecule has 0 unspecified atom stereocenters. The van der Waals surface area contributed by atoms with E-state index in [4.69, 9.17) is 0 Å². The molecule has 1 aliphatic rings. The number of pyridine rings is 1. The molecule has 0 radical (unpaired) electrons. The number of hydrogen-bond donors (Lipinski definition) is 1. The Morgan fingerprint density at radius 3 is 2.56 bits per heavy atom. The van der Waals surface area contributed by atoms with Gasteiger partial charge >= 0.3 is 6.03 Å². The lowest BCUT2D eigenvalue weighted by Gasteiger charge is -2.31. The van der Waals surface area contributed by atoms with E-state index in [2.05, 4.69) is 10.3 Å². The number of carbonyl (C=O) groups excluding carboxylic acids is 2. The quantitative estimate of drug-likeness (QED) is 0.915. The molecular weight excluding hydrogens is 316 g/mol. The lowest BCUT2D eigenvalue weighted by Crippen LogP contribution is -2.42. The van der Waals surface area contributed by atoms with Crippen LogP contribution in [0.4, 0.5) is 10.5 Å². The molecule has 0 bridgehead atoms. The number of nitrogens with one attached hydrogen (secondary N) is 1. The number of aromatic nitrogens is 1. The molecule has 1 aromatic carbocycles. The Morgan fingerprint density at radius 1 is 1.16 bits per heavy atom. The highest BCUT2D eigenvalue weighted by atomic mass is 16.2. The Bertz CT molecular complexity index is 800. The molecule has 1 N–H and O–H groups in total. The lowest BCUT2D eigenvalue weighted by atomic mass is 9.96. The molecule has 0 fully saturated rings. The number of anilines is 1. The fourth-order valence-electron chi connectivity index (χ4n) is 2.97. The zero-order valence-electron chi connectivity index (χ0n) is 14.7. The molecule has 130 valence electrons. The topological polar surface area (TPSA) is 65.5 Å². The molecular formula is C19H22N4O2. The van der Waals surface area contributed by atoms with Gasteiger partial charge in [-0.3, -0.25) is 9.78 Å². The fraction of sp³-hybridized carbons (Fsp3) is 0.316. The molecule has 1 aliphatic heterocycles. The molecule has 2 heterocycles. The van der Waals surface area contributed by atoms with E-state index in [0.29, 0.717) is 25.1 Å². The van der Waals surface area contributed by atoms with Crippen molar-refractivity contribution in [2.75, 3.05) is 26.0 Å². The summed E-state index contributed by atoms with van der Waals surface area (Å²) < 4.78 is 0. The van der Waals surface area contributed by atoms with Crippen LogP contribution in [0.1, 0.15) is 27.0 Å². The lowest BCUT2D eigenvalue weighted by molar-refractivity contribution is 0.102. The number of rotatable bonds is 2. The van der Waals surface area contributed by atoms with Crippen LogP contribution in [0.25, 0.3) is 0 Å².